The average molecular weight is 284 g/mol. The summed E-state index contributed by atoms with van der Waals surface area (Å²) in [4.78, 5) is 0. The van der Waals surface area contributed by atoms with E-state index in [4.69, 9.17) is 0 Å². The maximum absolute atomic E-state index is 12.0. The first-order valence-corrected chi connectivity index (χ1v) is 6.20. The largest absolute Gasteiger partial charge is 0.573 e. The lowest BCUT2D eigenvalue weighted by Gasteiger charge is -2.10. The van der Waals surface area contributed by atoms with Crippen LogP contribution in [0.5, 0.6) is 5.75 Å². The molecule has 1 heterocycles. The minimum Gasteiger partial charge on any atom is -0.406 e. The van der Waals surface area contributed by atoms with Crippen LogP contribution in [0.4, 0.5) is 18.9 Å². The minimum absolute atomic E-state index is 0.222. The molecule has 0 aliphatic heterocycles. The molecule has 0 saturated heterocycles. The van der Waals surface area contributed by atoms with Gasteiger partial charge in [-0.15, -0.1) is 13.2 Å². The zero-order valence-corrected chi connectivity index (χ0v) is 10.9. The Labute approximate surface area is 115 Å². The number of aryl methyl sites for hydroxylation is 1. The third kappa shape index (κ3) is 4.22. The lowest BCUT2D eigenvalue weighted by molar-refractivity contribution is -0.274. The maximum Gasteiger partial charge on any atom is 0.573 e. The van der Waals surface area contributed by atoms with Crippen LogP contribution in [0, 0.1) is 0 Å². The number of alkyl halides is 3. The van der Waals surface area contributed by atoms with Gasteiger partial charge in [0.25, 0.3) is 0 Å². The van der Waals surface area contributed by atoms with E-state index in [-0.39, 0.29) is 5.75 Å². The lowest BCUT2D eigenvalue weighted by atomic mass is 10.3. The number of aromatic nitrogens is 1. The van der Waals surface area contributed by atoms with Gasteiger partial charge in [-0.1, -0.05) is 0 Å². The first-order valence-electron chi connectivity index (χ1n) is 6.20. The summed E-state index contributed by atoms with van der Waals surface area (Å²) in [6.07, 6.45) is -0.649. The van der Waals surface area contributed by atoms with Crippen LogP contribution in [0.1, 0.15) is 12.5 Å². The van der Waals surface area contributed by atoms with E-state index in [1.54, 1.807) is 12.1 Å². The summed E-state index contributed by atoms with van der Waals surface area (Å²) < 4.78 is 41.9. The summed E-state index contributed by atoms with van der Waals surface area (Å²) in [5.74, 6) is -0.222. The van der Waals surface area contributed by atoms with Gasteiger partial charge in [0, 0.05) is 31.2 Å². The molecule has 0 bridgehead atoms. The molecule has 0 unspecified atom stereocenters. The molecule has 1 N–H and O–H groups in total. The Balaban J connectivity index is 1.90. The van der Waals surface area contributed by atoms with Crippen molar-refractivity contribution in [2.24, 2.45) is 0 Å². The normalized spacial score (nSPS) is 11.4. The molecule has 0 saturated carbocycles. The summed E-state index contributed by atoms with van der Waals surface area (Å²) in [6, 6.07) is 7.67. The highest BCUT2D eigenvalue weighted by Gasteiger charge is 2.30. The Morgan fingerprint density at radius 2 is 1.85 bits per heavy atom. The first kappa shape index (κ1) is 14.3. The number of hydrogen-bond acceptors (Lipinski definition) is 2. The molecule has 2 rings (SSSR count). The third-order valence-corrected chi connectivity index (χ3v) is 2.76. The van der Waals surface area contributed by atoms with Crippen molar-refractivity contribution in [2.45, 2.75) is 26.4 Å². The SMILES string of the molecule is CCn1ccc(CNc2ccc(OC(F)(F)F)cc2)c1. The topological polar surface area (TPSA) is 26.2 Å². The minimum atomic E-state index is -4.65. The molecule has 0 aliphatic rings. The molecule has 0 aliphatic carbocycles. The number of nitrogens with zero attached hydrogens (tertiary/aromatic N) is 1. The third-order valence-electron chi connectivity index (χ3n) is 2.76. The quantitative estimate of drug-likeness (QED) is 0.897. The molecule has 20 heavy (non-hydrogen) atoms. The van der Waals surface area contributed by atoms with Gasteiger partial charge >= 0.3 is 6.36 Å². The smallest absolute Gasteiger partial charge is 0.406 e. The molecule has 1 aromatic carbocycles. The molecule has 0 spiro atoms. The molecule has 6 heteroatoms. The first-order chi connectivity index (χ1) is 9.46. The predicted octanol–water partition coefficient (Wildman–Crippen LogP) is 4.02. The van der Waals surface area contributed by atoms with Crippen LogP contribution in [-0.2, 0) is 13.1 Å². The molecule has 0 radical (unpaired) electrons. The number of hydrogen-bond donors (Lipinski definition) is 1. The van der Waals surface area contributed by atoms with Gasteiger partial charge < -0.3 is 14.6 Å². The van der Waals surface area contributed by atoms with Crippen LogP contribution in [0.25, 0.3) is 0 Å². The fourth-order valence-electron chi connectivity index (χ4n) is 1.77. The van der Waals surface area contributed by atoms with E-state index in [1.807, 2.05) is 18.5 Å². The van der Waals surface area contributed by atoms with Crippen molar-refractivity contribution in [1.29, 1.82) is 0 Å². The molecular weight excluding hydrogens is 269 g/mol. The van der Waals surface area contributed by atoms with Crippen LogP contribution in [0.3, 0.4) is 0 Å². The highest BCUT2D eigenvalue weighted by molar-refractivity contribution is 5.46. The van der Waals surface area contributed by atoms with Crippen molar-refractivity contribution < 1.29 is 17.9 Å². The van der Waals surface area contributed by atoms with Crippen molar-refractivity contribution in [3.05, 3.63) is 48.3 Å². The van der Waals surface area contributed by atoms with Gasteiger partial charge in [-0.05, 0) is 42.8 Å². The van der Waals surface area contributed by atoms with Gasteiger partial charge in [-0.2, -0.15) is 0 Å². The summed E-state index contributed by atoms with van der Waals surface area (Å²) in [5.41, 5.74) is 1.85. The Morgan fingerprint density at radius 1 is 1.15 bits per heavy atom. The average Bonchev–Trinajstić information content (AvgIpc) is 2.84. The van der Waals surface area contributed by atoms with E-state index in [1.165, 1.54) is 12.1 Å². The van der Waals surface area contributed by atoms with Crippen molar-refractivity contribution >= 4 is 5.69 Å². The second-order valence-corrected chi connectivity index (χ2v) is 4.28. The van der Waals surface area contributed by atoms with Gasteiger partial charge in [0.15, 0.2) is 0 Å². The summed E-state index contributed by atoms with van der Waals surface area (Å²) in [6.45, 7) is 3.58. The number of nitrogens with one attached hydrogen (secondary N) is 1. The van der Waals surface area contributed by atoms with Crippen molar-refractivity contribution in [2.75, 3.05) is 5.32 Å². The van der Waals surface area contributed by atoms with E-state index in [0.29, 0.717) is 6.54 Å². The van der Waals surface area contributed by atoms with Crippen LogP contribution in [-0.4, -0.2) is 10.9 Å². The van der Waals surface area contributed by atoms with Crippen molar-refractivity contribution in [1.82, 2.24) is 4.57 Å². The lowest BCUT2D eigenvalue weighted by Crippen LogP contribution is -2.17. The van der Waals surface area contributed by atoms with Crippen LogP contribution >= 0.6 is 0 Å². The predicted molar refractivity (Wildman–Crippen MR) is 70.6 cm³/mol. The zero-order chi connectivity index (χ0) is 14.6. The molecule has 108 valence electrons. The van der Waals surface area contributed by atoms with Crippen LogP contribution < -0.4 is 10.1 Å². The fraction of sp³-hybridized carbons (Fsp3) is 0.286. The molecule has 0 fully saturated rings. The number of benzene rings is 1. The van der Waals surface area contributed by atoms with Gasteiger partial charge in [-0.3, -0.25) is 0 Å². The van der Waals surface area contributed by atoms with E-state index in [9.17, 15) is 13.2 Å². The van der Waals surface area contributed by atoms with Gasteiger partial charge in [0.2, 0.25) is 0 Å². The van der Waals surface area contributed by atoms with Gasteiger partial charge in [0.05, 0.1) is 0 Å². The fourth-order valence-corrected chi connectivity index (χ4v) is 1.77. The monoisotopic (exact) mass is 284 g/mol. The molecule has 1 aromatic heterocycles. The molecule has 0 atom stereocenters. The summed E-state index contributed by atoms with van der Waals surface area (Å²) in [5, 5.41) is 3.14. The van der Waals surface area contributed by atoms with E-state index in [2.05, 4.69) is 21.5 Å². The summed E-state index contributed by atoms with van der Waals surface area (Å²) >= 11 is 0. The molecule has 3 nitrogen and oxygen atoms in total. The molecule has 2 aromatic rings. The number of rotatable bonds is 5. The Hall–Kier alpha value is -2.11. The Morgan fingerprint density at radius 3 is 2.40 bits per heavy atom. The maximum atomic E-state index is 12.0. The van der Waals surface area contributed by atoms with Crippen LogP contribution in [0.15, 0.2) is 42.7 Å². The van der Waals surface area contributed by atoms with E-state index >= 15 is 0 Å². The highest BCUT2D eigenvalue weighted by atomic mass is 19.4. The van der Waals surface area contributed by atoms with Gasteiger partial charge in [0.1, 0.15) is 5.75 Å². The molecule has 0 amide bonds. The van der Waals surface area contributed by atoms with Crippen molar-refractivity contribution in [3.63, 3.8) is 0 Å². The van der Waals surface area contributed by atoms with Gasteiger partial charge in [-0.25, -0.2) is 0 Å². The number of halogens is 3. The number of anilines is 1. The Kier molecular flexibility index (Phi) is 4.22. The van der Waals surface area contributed by atoms with E-state index in [0.717, 1.165) is 17.8 Å². The molecular formula is C14H15F3N2O. The second kappa shape index (κ2) is 5.90. The zero-order valence-electron chi connectivity index (χ0n) is 10.9. The van der Waals surface area contributed by atoms with Crippen molar-refractivity contribution in [3.8, 4) is 5.75 Å². The Bertz CT molecular complexity index is 546. The highest BCUT2D eigenvalue weighted by Crippen LogP contribution is 2.24. The number of ether oxygens (including phenoxy) is 1. The van der Waals surface area contributed by atoms with E-state index < -0.39 is 6.36 Å². The summed E-state index contributed by atoms with van der Waals surface area (Å²) in [7, 11) is 0. The second-order valence-electron chi connectivity index (χ2n) is 4.28. The standard InChI is InChI=1S/C14H15F3N2O/c1-2-19-8-7-11(10-19)9-18-12-3-5-13(6-4-12)20-14(15,16)17/h3-8,10,18H,2,9H2,1H3. The van der Waals surface area contributed by atoms with Crippen LogP contribution in [0.2, 0.25) is 0 Å².